The standard InChI is InChI=1S/C19H20N2O2S/c1-4-21-17-8-6-5-7-16(17)20-19(21)24-13(2)18(22)14-9-11-15(23-3)12-10-14/h5-13H,4H2,1-3H3/t13-/m0/s1. The third kappa shape index (κ3) is 3.17. The predicted octanol–water partition coefficient (Wildman–Crippen LogP) is 4.43. The SMILES string of the molecule is CCn1c(S[C@@H](C)C(=O)c2ccc(OC)cc2)nc2ccccc21. The van der Waals surface area contributed by atoms with E-state index in [9.17, 15) is 4.79 Å². The number of carbonyl (C=O) groups is 1. The molecule has 0 saturated heterocycles. The Labute approximate surface area is 145 Å². The number of fused-ring (bicyclic) bond motifs is 1. The van der Waals surface area contributed by atoms with Gasteiger partial charge in [0.25, 0.3) is 0 Å². The molecule has 0 aliphatic rings. The van der Waals surface area contributed by atoms with Gasteiger partial charge in [0, 0.05) is 12.1 Å². The molecule has 0 spiro atoms. The van der Waals surface area contributed by atoms with Gasteiger partial charge in [0.15, 0.2) is 10.9 Å². The highest BCUT2D eigenvalue weighted by atomic mass is 32.2. The van der Waals surface area contributed by atoms with E-state index >= 15 is 0 Å². The second-order valence-corrected chi connectivity index (χ2v) is 6.79. The van der Waals surface area contributed by atoms with Crippen molar-refractivity contribution in [3.05, 3.63) is 54.1 Å². The molecule has 1 heterocycles. The first kappa shape index (κ1) is 16.6. The highest BCUT2D eigenvalue weighted by molar-refractivity contribution is 8.00. The van der Waals surface area contributed by atoms with Gasteiger partial charge < -0.3 is 9.30 Å². The van der Waals surface area contributed by atoms with Gasteiger partial charge in [0.1, 0.15) is 5.75 Å². The molecule has 0 radical (unpaired) electrons. The van der Waals surface area contributed by atoms with E-state index in [2.05, 4.69) is 22.5 Å². The number of hydrogen-bond acceptors (Lipinski definition) is 4. The van der Waals surface area contributed by atoms with Crippen LogP contribution in [0.25, 0.3) is 11.0 Å². The van der Waals surface area contributed by atoms with Crippen molar-refractivity contribution in [2.45, 2.75) is 30.8 Å². The zero-order valence-corrected chi connectivity index (χ0v) is 14.8. The fourth-order valence-electron chi connectivity index (χ4n) is 2.65. The first-order chi connectivity index (χ1) is 11.6. The van der Waals surface area contributed by atoms with Crippen LogP contribution in [0.15, 0.2) is 53.7 Å². The van der Waals surface area contributed by atoms with Crippen molar-refractivity contribution in [3.63, 3.8) is 0 Å². The lowest BCUT2D eigenvalue weighted by molar-refractivity contribution is 0.0994. The van der Waals surface area contributed by atoms with Gasteiger partial charge in [0.05, 0.1) is 23.4 Å². The molecule has 0 amide bonds. The van der Waals surface area contributed by atoms with Gasteiger partial charge in [0.2, 0.25) is 0 Å². The quantitative estimate of drug-likeness (QED) is 0.492. The van der Waals surface area contributed by atoms with Crippen LogP contribution in [0.5, 0.6) is 5.75 Å². The minimum atomic E-state index is -0.208. The largest absolute Gasteiger partial charge is 0.497 e. The van der Waals surface area contributed by atoms with E-state index in [1.807, 2.05) is 37.3 Å². The van der Waals surface area contributed by atoms with E-state index in [0.29, 0.717) is 5.56 Å². The summed E-state index contributed by atoms with van der Waals surface area (Å²) in [5.74, 6) is 0.844. The maximum absolute atomic E-state index is 12.7. The molecule has 3 rings (SSSR count). The molecule has 3 aromatic rings. The number of imidazole rings is 1. The number of Topliss-reactive ketones (excluding diaryl/α,β-unsaturated/α-hetero) is 1. The maximum atomic E-state index is 12.7. The number of aromatic nitrogens is 2. The highest BCUT2D eigenvalue weighted by Crippen LogP contribution is 2.29. The molecule has 0 bridgehead atoms. The smallest absolute Gasteiger partial charge is 0.175 e. The summed E-state index contributed by atoms with van der Waals surface area (Å²) in [6, 6.07) is 15.3. The Kier molecular flexibility index (Phi) is 4.90. The number of ketones is 1. The van der Waals surface area contributed by atoms with E-state index in [-0.39, 0.29) is 11.0 Å². The van der Waals surface area contributed by atoms with E-state index in [1.54, 1.807) is 19.2 Å². The normalized spacial score (nSPS) is 12.3. The summed E-state index contributed by atoms with van der Waals surface area (Å²) < 4.78 is 7.29. The molecule has 124 valence electrons. The van der Waals surface area contributed by atoms with Crippen molar-refractivity contribution < 1.29 is 9.53 Å². The lowest BCUT2D eigenvalue weighted by atomic mass is 10.1. The Morgan fingerprint density at radius 1 is 1.21 bits per heavy atom. The maximum Gasteiger partial charge on any atom is 0.175 e. The number of nitrogens with zero attached hydrogens (tertiary/aromatic N) is 2. The number of aryl methyl sites for hydroxylation is 1. The van der Waals surface area contributed by atoms with Crippen molar-refractivity contribution in [1.82, 2.24) is 9.55 Å². The number of ether oxygens (including phenoxy) is 1. The van der Waals surface area contributed by atoms with Gasteiger partial charge in [-0.15, -0.1) is 0 Å². The Balaban J connectivity index is 1.83. The molecule has 1 aromatic heterocycles. The van der Waals surface area contributed by atoms with Crippen LogP contribution in [0.1, 0.15) is 24.2 Å². The average Bonchev–Trinajstić information content (AvgIpc) is 2.98. The summed E-state index contributed by atoms with van der Waals surface area (Å²) in [6.07, 6.45) is 0. The summed E-state index contributed by atoms with van der Waals surface area (Å²) in [5.41, 5.74) is 2.76. The van der Waals surface area contributed by atoms with Gasteiger partial charge in [-0.3, -0.25) is 4.79 Å². The van der Waals surface area contributed by atoms with Gasteiger partial charge in [-0.2, -0.15) is 0 Å². The molecule has 1 atom stereocenters. The lowest BCUT2D eigenvalue weighted by Gasteiger charge is -2.11. The van der Waals surface area contributed by atoms with E-state index in [4.69, 9.17) is 4.74 Å². The van der Waals surface area contributed by atoms with Gasteiger partial charge >= 0.3 is 0 Å². The van der Waals surface area contributed by atoms with Crippen molar-refractivity contribution in [3.8, 4) is 5.75 Å². The third-order valence-electron chi connectivity index (χ3n) is 3.96. The van der Waals surface area contributed by atoms with Gasteiger partial charge in [-0.05, 0) is 50.2 Å². The number of thioether (sulfide) groups is 1. The van der Waals surface area contributed by atoms with Crippen LogP contribution >= 0.6 is 11.8 Å². The highest BCUT2D eigenvalue weighted by Gasteiger charge is 2.20. The second-order valence-electron chi connectivity index (χ2n) is 5.48. The number of rotatable bonds is 6. The Morgan fingerprint density at radius 2 is 1.92 bits per heavy atom. The zero-order chi connectivity index (χ0) is 17.1. The van der Waals surface area contributed by atoms with Crippen LogP contribution in [0.3, 0.4) is 0 Å². The molecule has 0 aliphatic heterocycles. The zero-order valence-electron chi connectivity index (χ0n) is 14.0. The molecular weight excluding hydrogens is 320 g/mol. The fourth-order valence-corrected chi connectivity index (χ4v) is 3.72. The fraction of sp³-hybridized carbons (Fsp3) is 0.263. The molecule has 0 aliphatic carbocycles. The number of para-hydroxylation sites is 2. The molecule has 2 aromatic carbocycles. The first-order valence-electron chi connectivity index (χ1n) is 7.94. The molecule has 0 unspecified atom stereocenters. The van der Waals surface area contributed by atoms with Gasteiger partial charge in [-0.1, -0.05) is 23.9 Å². The number of hydrogen-bond donors (Lipinski definition) is 0. The van der Waals surface area contributed by atoms with E-state index in [1.165, 1.54) is 11.8 Å². The van der Waals surface area contributed by atoms with Crippen molar-refractivity contribution in [1.29, 1.82) is 0 Å². The lowest BCUT2D eigenvalue weighted by Crippen LogP contribution is -2.14. The predicted molar refractivity (Wildman–Crippen MR) is 98.1 cm³/mol. The Bertz CT molecular complexity index is 855. The number of carbonyl (C=O) groups excluding carboxylic acids is 1. The average molecular weight is 340 g/mol. The first-order valence-corrected chi connectivity index (χ1v) is 8.82. The minimum Gasteiger partial charge on any atom is -0.497 e. The van der Waals surface area contributed by atoms with Crippen LogP contribution in [-0.2, 0) is 6.54 Å². The monoisotopic (exact) mass is 340 g/mol. The van der Waals surface area contributed by atoms with Crippen molar-refractivity contribution >= 4 is 28.6 Å². The van der Waals surface area contributed by atoms with Crippen molar-refractivity contribution in [2.24, 2.45) is 0 Å². The van der Waals surface area contributed by atoms with Crippen LogP contribution in [0.2, 0.25) is 0 Å². The summed E-state index contributed by atoms with van der Waals surface area (Å²) >= 11 is 1.50. The summed E-state index contributed by atoms with van der Waals surface area (Å²) in [7, 11) is 1.62. The van der Waals surface area contributed by atoms with Crippen LogP contribution in [0, 0.1) is 0 Å². The Morgan fingerprint density at radius 3 is 2.58 bits per heavy atom. The Hall–Kier alpha value is -2.27. The molecule has 0 saturated carbocycles. The van der Waals surface area contributed by atoms with Crippen molar-refractivity contribution in [2.75, 3.05) is 7.11 Å². The molecule has 5 heteroatoms. The molecule has 24 heavy (non-hydrogen) atoms. The summed E-state index contributed by atoms with van der Waals surface area (Å²) in [4.78, 5) is 17.3. The number of benzene rings is 2. The summed E-state index contributed by atoms with van der Waals surface area (Å²) in [5, 5.41) is 0.675. The molecule has 4 nitrogen and oxygen atoms in total. The number of methoxy groups -OCH3 is 1. The molecule has 0 fully saturated rings. The van der Waals surface area contributed by atoms with Crippen LogP contribution < -0.4 is 4.74 Å². The minimum absolute atomic E-state index is 0.0948. The second kappa shape index (κ2) is 7.09. The van der Waals surface area contributed by atoms with Gasteiger partial charge in [-0.25, -0.2) is 4.98 Å². The van der Waals surface area contributed by atoms with Crippen LogP contribution in [-0.4, -0.2) is 27.7 Å². The summed E-state index contributed by atoms with van der Waals surface area (Å²) in [6.45, 7) is 4.84. The van der Waals surface area contributed by atoms with Crippen LogP contribution in [0.4, 0.5) is 0 Å². The van der Waals surface area contributed by atoms with E-state index < -0.39 is 0 Å². The third-order valence-corrected chi connectivity index (χ3v) is 5.05. The van der Waals surface area contributed by atoms with E-state index in [0.717, 1.165) is 28.5 Å². The molecular formula is C19H20N2O2S. The topological polar surface area (TPSA) is 44.1 Å². The molecule has 0 N–H and O–H groups in total.